The fourth-order valence-corrected chi connectivity index (χ4v) is 3.98. The van der Waals surface area contributed by atoms with Gasteiger partial charge in [0.2, 0.25) is 0 Å². The van der Waals surface area contributed by atoms with Crippen molar-refractivity contribution >= 4 is 16.9 Å². The largest absolute Gasteiger partial charge is 0.465 e. The van der Waals surface area contributed by atoms with E-state index in [2.05, 4.69) is 36.4 Å². The van der Waals surface area contributed by atoms with Gasteiger partial charge in [-0.25, -0.2) is 4.79 Å². The molecule has 146 valence electrons. The van der Waals surface area contributed by atoms with Gasteiger partial charge in [-0.1, -0.05) is 48.5 Å². The predicted molar refractivity (Wildman–Crippen MR) is 111 cm³/mol. The number of carbonyl (C=O) groups is 1. The van der Waals surface area contributed by atoms with E-state index in [1.54, 1.807) is 12.1 Å². The molecule has 0 saturated carbocycles. The first-order valence-electron chi connectivity index (χ1n) is 9.71. The second-order valence-electron chi connectivity index (χ2n) is 7.39. The monoisotopic (exact) mass is 386 g/mol. The lowest BCUT2D eigenvalue weighted by atomic mass is 9.86. The topological polar surface area (TPSA) is 73.6 Å². The molecule has 4 rings (SSSR count). The summed E-state index contributed by atoms with van der Waals surface area (Å²) < 4.78 is 6.25. The molecule has 0 aromatic heterocycles. The van der Waals surface area contributed by atoms with Gasteiger partial charge in [0.05, 0.1) is 30.9 Å². The van der Waals surface area contributed by atoms with Crippen molar-refractivity contribution in [3.8, 4) is 6.07 Å². The molecule has 2 atom stereocenters. The molecular formula is C24H22N2O3. The number of carboxylic acid groups (broad SMARTS) is 1. The van der Waals surface area contributed by atoms with Crippen LogP contribution < -0.4 is 0 Å². The van der Waals surface area contributed by atoms with Gasteiger partial charge in [-0.3, -0.25) is 0 Å². The summed E-state index contributed by atoms with van der Waals surface area (Å²) in [7, 11) is 0. The predicted octanol–water partition coefficient (Wildman–Crippen LogP) is 4.76. The maximum Gasteiger partial charge on any atom is 0.407 e. The van der Waals surface area contributed by atoms with Crippen LogP contribution in [0.25, 0.3) is 10.8 Å². The van der Waals surface area contributed by atoms with E-state index in [0.717, 1.165) is 16.5 Å². The zero-order valence-electron chi connectivity index (χ0n) is 16.0. The Balaban J connectivity index is 1.53. The molecule has 1 unspecified atom stereocenters. The fraction of sp³-hybridized carbons (Fsp3) is 0.250. The Morgan fingerprint density at radius 1 is 1.10 bits per heavy atom. The maximum absolute atomic E-state index is 11.5. The number of nitrogens with zero attached hydrogens (tertiary/aromatic N) is 2. The fourth-order valence-electron chi connectivity index (χ4n) is 3.98. The van der Waals surface area contributed by atoms with Crippen LogP contribution >= 0.6 is 0 Å². The lowest BCUT2D eigenvalue weighted by molar-refractivity contribution is -0.0199. The standard InChI is InChI=1S/C24H22N2O3/c25-14-17-5-9-20(10-6-17)22-11-12-26(24(27)28)15-23(22)29-16-18-7-8-19-3-1-2-4-21(19)13-18/h1-10,13,22-23H,11-12,15-16H2,(H,27,28)/t22?,23-/m1/s1. The van der Waals surface area contributed by atoms with Crippen LogP contribution in [-0.4, -0.2) is 35.3 Å². The molecule has 1 saturated heterocycles. The summed E-state index contributed by atoms with van der Waals surface area (Å²) in [6.45, 7) is 1.25. The Morgan fingerprint density at radius 2 is 1.86 bits per heavy atom. The molecule has 1 aliphatic rings. The van der Waals surface area contributed by atoms with Crippen molar-refractivity contribution in [1.29, 1.82) is 5.26 Å². The number of piperidine rings is 1. The first-order valence-corrected chi connectivity index (χ1v) is 9.71. The van der Waals surface area contributed by atoms with E-state index < -0.39 is 6.09 Å². The molecule has 0 aliphatic carbocycles. The van der Waals surface area contributed by atoms with E-state index in [4.69, 9.17) is 10.00 Å². The number of hydrogen-bond acceptors (Lipinski definition) is 3. The highest BCUT2D eigenvalue weighted by atomic mass is 16.5. The van der Waals surface area contributed by atoms with Crippen LogP contribution in [0.2, 0.25) is 0 Å². The highest BCUT2D eigenvalue weighted by Gasteiger charge is 2.33. The molecule has 0 bridgehead atoms. The minimum atomic E-state index is -0.914. The van der Waals surface area contributed by atoms with Crippen molar-refractivity contribution in [3.63, 3.8) is 0 Å². The molecule has 5 nitrogen and oxygen atoms in total. The molecule has 0 radical (unpaired) electrons. The zero-order valence-corrected chi connectivity index (χ0v) is 16.0. The van der Waals surface area contributed by atoms with Gasteiger partial charge in [-0.05, 0) is 46.5 Å². The minimum absolute atomic E-state index is 0.0961. The van der Waals surface area contributed by atoms with E-state index in [-0.39, 0.29) is 12.0 Å². The van der Waals surface area contributed by atoms with E-state index in [1.165, 1.54) is 10.3 Å². The van der Waals surface area contributed by atoms with Gasteiger partial charge in [-0.2, -0.15) is 5.26 Å². The van der Waals surface area contributed by atoms with Crippen LogP contribution in [0.3, 0.4) is 0 Å². The van der Waals surface area contributed by atoms with Gasteiger partial charge in [0.25, 0.3) is 0 Å². The number of fused-ring (bicyclic) bond motifs is 1. The van der Waals surface area contributed by atoms with E-state index in [0.29, 0.717) is 31.7 Å². The highest BCUT2D eigenvalue weighted by Crippen LogP contribution is 2.31. The summed E-state index contributed by atoms with van der Waals surface area (Å²) in [5, 5.41) is 20.8. The molecule has 1 fully saturated rings. The summed E-state index contributed by atoms with van der Waals surface area (Å²) >= 11 is 0. The Bertz CT molecular complexity index is 1060. The van der Waals surface area contributed by atoms with E-state index in [9.17, 15) is 9.90 Å². The number of nitriles is 1. The number of amides is 1. The summed E-state index contributed by atoms with van der Waals surface area (Å²) in [5.41, 5.74) is 2.76. The van der Waals surface area contributed by atoms with Gasteiger partial charge < -0.3 is 14.7 Å². The molecular weight excluding hydrogens is 364 g/mol. The van der Waals surface area contributed by atoms with Crippen molar-refractivity contribution < 1.29 is 14.6 Å². The van der Waals surface area contributed by atoms with Gasteiger partial charge in [0.15, 0.2) is 0 Å². The lowest BCUT2D eigenvalue weighted by Crippen LogP contribution is -2.46. The van der Waals surface area contributed by atoms with Gasteiger partial charge in [0.1, 0.15) is 0 Å². The highest BCUT2D eigenvalue weighted by molar-refractivity contribution is 5.82. The molecule has 3 aromatic carbocycles. The van der Waals surface area contributed by atoms with Crippen molar-refractivity contribution in [2.24, 2.45) is 0 Å². The Labute approximate surface area is 169 Å². The summed E-state index contributed by atoms with van der Waals surface area (Å²) in [6.07, 6.45) is -0.456. The molecule has 1 heterocycles. The molecule has 5 heteroatoms. The van der Waals surface area contributed by atoms with Gasteiger partial charge in [0, 0.05) is 12.5 Å². The average molecular weight is 386 g/mol. The molecule has 1 amide bonds. The maximum atomic E-state index is 11.5. The third-order valence-corrected chi connectivity index (χ3v) is 5.58. The Hall–Kier alpha value is -3.36. The molecule has 29 heavy (non-hydrogen) atoms. The Kier molecular flexibility index (Phi) is 5.46. The second kappa shape index (κ2) is 8.34. The molecule has 0 spiro atoms. The summed E-state index contributed by atoms with van der Waals surface area (Å²) in [4.78, 5) is 12.9. The summed E-state index contributed by atoms with van der Waals surface area (Å²) in [6, 6.07) is 24.1. The smallest absolute Gasteiger partial charge is 0.407 e. The van der Waals surface area contributed by atoms with Crippen molar-refractivity contribution in [1.82, 2.24) is 4.90 Å². The normalized spacial score (nSPS) is 19.1. The first kappa shape index (κ1) is 19.0. The van der Waals surface area contributed by atoms with E-state index >= 15 is 0 Å². The van der Waals surface area contributed by atoms with Gasteiger partial charge in [-0.15, -0.1) is 0 Å². The van der Waals surface area contributed by atoms with Gasteiger partial charge >= 0.3 is 6.09 Å². The quantitative estimate of drug-likeness (QED) is 0.701. The van der Waals surface area contributed by atoms with Crippen LogP contribution in [0.15, 0.2) is 66.7 Å². The lowest BCUT2D eigenvalue weighted by Gasteiger charge is -2.37. The number of rotatable bonds is 4. The number of hydrogen-bond donors (Lipinski definition) is 1. The van der Waals surface area contributed by atoms with Crippen LogP contribution in [0.4, 0.5) is 4.79 Å². The van der Waals surface area contributed by atoms with Crippen LogP contribution in [-0.2, 0) is 11.3 Å². The molecule has 1 aliphatic heterocycles. The number of benzene rings is 3. The summed E-state index contributed by atoms with van der Waals surface area (Å²) in [5.74, 6) is 0.0961. The second-order valence-corrected chi connectivity index (χ2v) is 7.39. The minimum Gasteiger partial charge on any atom is -0.465 e. The van der Waals surface area contributed by atoms with Crippen molar-refractivity contribution in [3.05, 3.63) is 83.4 Å². The number of likely N-dealkylation sites (tertiary alicyclic amines) is 1. The van der Waals surface area contributed by atoms with Crippen molar-refractivity contribution in [2.45, 2.75) is 25.0 Å². The van der Waals surface area contributed by atoms with Crippen LogP contribution in [0.5, 0.6) is 0 Å². The van der Waals surface area contributed by atoms with Crippen LogP contribution in [0.1, 0.15) is 29.0 Å². The van der Waals surface area contributed by atoms with E-state index in [1.807, 2.05) is 24.3 Å². The Morgan fingerprint density at radius 3 is 2.59 bits per heavy atom. The molecule has 1 N–H and O–H groups in total. The zero-order chi connectivity index (χ0) is 20.2. The third kappa shape index (κ3) is 4.23. The van der Waals surface area contributed by atoms with Crippen LogP contribution in [0, 0.1) is 11.3 Å². The first-order chi connectivity index (χ1) is 14.1. The van der Waals surface area contributed by atoms with Crippen molar-refractivity contribution in [2.75, 3.05) is 13.1 Å². The number of ether oxygens (including phenoxy) is 1. The third-order valence-electron chi connectivity index (χ3n) is 5.58. The average Bonchev–Trinajstić information content (AvgIpc) is 2.77. The molecule has 3 aromatic rings. The SMILES string of the molecule is N#Cc1ccc(C2CCN(C(=O)O)C[C@H]2OCc2ccc3ccccc3c2)cc1.